The molecule has 192 valence electrons. The Morgan fingerprint density at radius 3 is 2.56 bits per heavy atom. The lowest BCUT2D eigenvalue weighted by molar-refractivity contribution is -0.120. The SMILES string of the molecule is C[C@@H]1CN(c2cccc(-c3ccc4cnc(CC(=O)NCCS(=O)(=O)N(C)C)cc4n3)n2)C[C@H](C)O1. The Bertz CT molecular complexity index is 1340. The molecule has 0 unspecified atom stereocenters. The first-order valence-corrected chi connectivity index (χ1v) is 13.5. The topological polar surface area (TPSA) is 118 Å². The van der Waals surface area contributed by atoms with Gasteiger partial charge in [0.1, 0.15) is 5.82 Å². The fraction of sp³-hybridized carbons (Fsp3) is 0.440. The molecule has 0 bridgehead atoms. The van der Waals surface area contributed by atoms with E-state index in [9.17, 15) is 13.2 Å². The summed E-state index contributed by atoms with van der Waals surface area (Å²) in [5.41, 5.74) is 2.76. The second-order valence-corrected chi connectivity index (χ2v) is 11.5. The molecule has 1 fully saturated rings. The van der Waals surface area contributed by atoms with Crippen molar-refractivity contribution in [3.8, 4) is 11.4 Å². The van der Waals surface area contributed by atoms with E-state index in [-0.39, 0.29) is 36.8 Å². The second kappa shape index (κ2) is 10.9. The third-order valence-electron chi connectivity index (χ3n) is 5.95. The summed E-state index contributed by atoms with van der Waals surface area (Å²) in [6.45, 7) is 5.73. The van der Waals surface area contributed by atoms with Gasteiger partial charge in [-0.05, 0) is 44.2 Å². The molecule has 0 saturated carbocycles. The predicted octanol–water partition coefficient (Wildman–Crippen LogP) is 1.86. The van der Waals surface area contributed by atoms with Crippen LogP contribution in [0, 0.1) is 0 Å². The van der Waals surface area contributed by atoms with Gasteiger partial charge in [-0.25, -0.2) is 22.7 Å². The summed E-state index contributed by atoms with van der Waals surface area (Å²) in [7, 11) is -0.435. The van der Waals surface area contributed by atoms with Crippen LogP contribution in [0.4, 0.5) is 5.82 Å². The van der Waals surface area contributed by atoms with E-state index in [2.05, 4.69) is 29.0 Å². The zero-order valence-electron chi connectivity index (χ0n) is 21.0. The molecule has 1 aliphatic rings. The molecule has 0 radical (unpaired) electrons. The molecule has 0 aliphatic carbocycles. The lowest BCUT2D eigenvalue weighted by atomic mass is 10.1. The molecular formula is C25H32N6O4S. The molecule has 3 aromatic heterocycles. The van der Waals surface area contributed by atoms with Gasteiger partial charge in [-0.3, -0.25) is 9.78 Å². The van der Waals surface area contributed by atoms with E-state index in [1.807, 2.05) is 30.3 Å². The molecule has 11 heteroatoms. The summed E-state index contributed by atoms with van der Waals surface area (Å²) in [4.78, 5) is 28.6. The number of carbonyl (C=O) groups is 1. The van der Waals surface area contributed by atoms with Gasteiger partial charge in [-0.2, -0.15) is 0 Å². The molecule has 1 N–H and O–H groups in total. The van der Waals surface area contributed by atoms with Gasteiger partial charge in [0, 0.05) is 45.3 Å². The fourth-order valence-corrected chi connectivity index (χ4v) is 4.86. The van der Waals surface area contributed by atoms with Crippen molar-refractivity contribution < 1.29 is 17.9 Å². The number of nitrogens with zero attached hydrogens (tertiary/aromatic N) is 5. The number of carbonyl (C=O) groups excluding carboxylic acids is 1. The summed E-state index contributed by atoms with van der Waals surface area (Å²) < 4.78 is 30.7. The minimum absolute atomic E-state index is 0.0327. The van der Waals surface area contributed by atoms with E-state index in [0.29, 0.717) is 11.2 Å². The van der Waals surface area contributed by atoms with Crippen molar-refractivity contribution in [2.24, 2.45) is 0 Å². The van der Waals surface area contributed by atoms with Crippen molar-refractivity contribution in [2.75, 3.05) is 44.4 Å². The van der Waals surface area contributed by atoms with Crippen LogP contribution in [0.15, 0.2) is 42.6 Å². The normalized spacial score (nSPS) is 18.5. The molecule has 4 heterocycles. The Balaban J connectivity index is 1.47. The molecule has 0 spiro atoms. The number of sulfonamides is 1. The van der Waals surface area contributed by atoms with Crippen molar-refractivity contribution in [3.05, 3.63) is 48.3 Å². The van der Waals surface area contributed by atoms with E-state index in [1.165, 1.54) is 14.1 Å². The van der Waals surface area contributed by atoms with Crippen LogP contribution in [0.2, 0.25) is 0 Å². The van der Waals surface area contributed by atoms with Crippen LogP contribution < -0.4 is 10.2 Å². The van der Waals surface area contributed by atoms with Crippen LogP contribution in [0.3, 0.4) is 0 Å². The Morgan fingerprint density at radius 1 is 1.11 bits per heavy atom. The molecule has 10 nitrogen and oxygen atoms in total. The van der Waals surface area contributed by atoms with Crippen molar-refractivity contribution in [3.63, 3.8) is 0 Å². The molecule has 3 aromatic rings. The third kappa shape index (κ3) is 6.34. The van der Waals surface area contributed by atoms with Crippen LogP contribution in [0.5, 0.6) is 0 Å². The number of fused-ring (bicyclic) bond motifs is 1. The predicted molar refractivity (Wildman–Crippen MR) is 139 cm³/mol. The van der Waals surface area contributed by atoms with Crippen molar-refractivity contribution >= 4 is 32.7 Å². The highest BCUT2D eigenvalue weighted by Gasteiger charge is 2.23. The van der Waals surface area contributed by atoms with Gasteiger partial charge in [-0.1, -0.05) is 6.07 Å². The van der Waals surface area contributed by atoms with Crippen molar-refractivity contribution in [1.82, 2.24) is 24.6 Å². The van der Waals surface area contributed by atoms with Gasteiger partial charge in [-0.15, -0.1) is 0 Å². The third-order valence-corrected chi connectivity index (χ3v) is 7.78. The highest BCUT2D eigenvalue weighted by molar-refractivity contribution is 7.89. The first-order valence-electron chi connectivity index (χ1n) is 11.9. The molecule has 4 rings (SSSR count). The van der Waals surface area contributed by atoms with Gasteiger partial charge in [0.25, 0.3) is 0 Å². The van der Waals surface area contributed by atoms with Gasteiger partial charge >= 0.3 is 0 Å². The summed E-state index contributed by atoms with van der Waals surface area (Å²) in [6.07, 6.45) is 1.99. The van der Waals surface area contributed by atoms with Gasteiger partial charge in [0.15, 0.2) is 0 Å². The summed E-state index contributed by atoms with van der Waals surface area (Å²) >= 11 is 0. The molecule has 1 saturated heterocycles. The lowest BCUT2D eigenvalue weighted by Gasteiger charge is -2.36. The number of pyridine rings is 3. The number of hydrogen-bond acceptors (Lipinski definition) is 8. The minimum Gasteiger partial charge on any atom is -0.372 e. The average molecular weight is 513 g/mol. The first kappa shape index (κ1) is 25.9. The average Bonchev–Trinajstić information content (AvgIpc) is 2.83. The lowest BCUT2D eigenvalue weighted by Crippen LogP contribution is -2.45. The molecule has 0 aromatic carbocycles. The van der Waals surface area contributed by atoms with Crippen molar-refractivity contribution in [2.45, 2.75) is 32.5 Å². The zero-order chi connectivity index (χ0) is 25.9. The van der Waals surface area contributed by atoms with Gasteiger partial charge in [0.2, 0.25) is 15.9 Å². The van der Waals surface area contributed by atoms with Crippen molar-refractivity contribution in [1.29, 1.82) is 0 Å². The van der Waals surface area contributed by atoms with E-state index < -0.39 is 10.0 Å². The molecule has 1 amide bonds. The van der Waals surface area contributed by atoms with Crippen LogP contribution in [0.25, 0.3) is 22.3 Å². The van der Waals surface area contributed by atoms with Crippen LogP contribution in [-0.4, -0.2) is 85.3 Å². The highest BCUT2D eigenvalue weighted by atomic mass is 32.2. The van der Waals surface area contributed by atoms with Crippen LogP contribution in [-0.2, 0) is 26.0 Å². The summed E-state index contributed by atoms with van der Waals surface area (Å²) in [5, 5.41) is 3.50. The highest BCUT2D eigenvalue weighted by Crippen LogP contribution is 2.24. The second-order valence-electron chi connectivity index (χ2n) is 9.23. The Morgan fingerprint density at radius 2 is 1.83 bits per heavy atom. The Kier molecular flexibility index (Phi) is 7.82. The van der Waals surface area contributed by atoms with Crippen LogP contribution in [0.1, 0.15) is 19.5 Å². The molecular weight excluding hydrogens is 480 g/mol. The van der Waals surface area contributed by atoms with E-state index in [0.717, 1.165) is 40.0 Å². The maximum atomic E-state index is 12.3. The first-order chi connectivity index (χ1) is 17.1. The Hall–Kier alpha value is -3.15. The largest absolute Gasteiger partial charge is 0.372 e. The number of ether oxygens (including phenoxy) is 1. The van der Waals surface area contributed by atoms with Crippen LogP contribution >= 0.6 is 0 Å². The number of aromatic nitrogens is 3. The quantitative estimate of drug-likeness (QED) is 0.486. The summed E-state index contributed by atoms with van der Waals surface area (Å²) in [5.74, 6) is 0.436. The Labute approximate surface area is 211 Å². The number of hydrogen-bond donors (Lipinski definition) is 1. The van der Waals surface area contributed by atoms with Gasteiger partial charge in [0.05, 0.1) is 47.0 Å². The number of rotatable bonds is 8. The maximum Gasteiger partial charge on any atom is 0.226 e. The van der Waals surface area contributed by atoms with Gasteiger partial charge < -0.3 is 15.0 Å². The molecule has 2 atom stereocenters. The summed E-state index contributed by atoms with van der Waals surface area (Å²) in [6, 6.07) is 11.5. The molecule has 36 heavy (non-hydrogen) atoms. The fourth-order valence-electron chi connectivity index (χ4n) is 4.13. The minimum atomic E-state index is -3.36. The number of amides is 1. The number of nitrogens with one attached hydrogen (secondary N) is 1. The van der Waals surface area contributed by atoms with E-state index in [1.54, 1.807) is 12.3 Å². The zero-order valence-corrected chi connectivity index (χ0v) is 21.8. The standard InChI is InChI=1S/C25H32N6O4S/c1-17-15-31(16-18(2)35-17)24-7-5-6-21(29-24)22-9-8-19-14-27-20(12-23(19)28-22)13-25(32)26-10-11-36(33,34)30(3)4/h5-9,12,14,17-18H,10-11,13,15-16H2,1-4H3,(H,26,32)/t17-,18+. The maximum absolute atomic E-state index is 12.3. The molecule has 1 aliphatic heterocycles. The van der Waals surface area contributed by atoms with E-state index in [4.69, 9.17) is 14.7 Å². The monoisotopic (exact) mass is 512 g/mol. The number of morpholine rings is 1. The van der Waals surface area contributed by atoms with E-state index >= 15 is 0 Å². The smallest absolute Gasteiger partial charge is 0.226 e. The number of anilines is 1.